The Kier molecular flexibility index (Phi) is 14.5. The number of benzene rings is 1. The second-order valence-corrected chi connectivity index (χ2v) is 16.8. The van der Waals surface area contributed by atoms with E-state index >= 15 is 0 Å². The van der Waals surface area contributed by atoms with Crippen molar-refractivity contribution in [1.82, 2.24) is 9.80 Å². The van der Waals surface area contributed by atoms with Crippen LogP contribution in [0, 0.1) is 29.6 Å². The standard InChI is InChI=1S/C42H66N2O9/c1-12-31-23-33(45)27(4)35(47)29(6)38(52-39-36(48)32(43(9)10)22-26(3)51-39)41(7,50-11)24-25(2)34(46)28(5)37-42(31,8)53-40(49)44(37)21-17-16-20-30-18-14-13-15-19-30/h13-15,18-19,25-29,31-32,36-39,48H,12,16-17,20-24H2,1-11H3/t25-,26-,27+,28+,29+,31+,32+,36-,37?,38-,39+,41-,42-/m1/s1. The van der Waals surface area contributed by atoms with Gasteiger partial charge in [0.1, 0.15) is 29.1 Å². The van der Waals surface area contributed by atoms with E-state index in [1.807, 2.05) is 78.7 Å². The minimum Gasteiger partial charge on any atom is -0.441 e. The Morgan fingerprint density at radius 1 is 0.962 bits per heavy atom. The summed E-state index contributed by atoms with van der Waals surface area (Å²) in [6.07, 6.45) is -0.0403. The summed E-state index contributed by atoms with van der Waals surface area (Å²) in [5, 5.41) is 11.4. The molecule has 2 aliphatic heterocycles. The van der Waals surface area contributed by atoms with Crippen molar-refractivity contribution in [2.75, 3.05) is 27.7 Å². The van der Waals surface area contributed by atoms with Gasteiger partial charge in [-0.2, -0.15) is 0 Å². The Morgan fingerprint density at radius 2 is 1.62 bits per heavy atom. The molecule has 298 valence electrons. The number of likely N-dealkylation sites (N-methyl/N-ethyl adjacent to an activating group) is 1. The number of hydrogen-bond acceptors (Lipinski definition) is 10. The molecule has 2 saturated heterocycles. The molecule has 3 fully saturated rings. The van der Waals surface area contributed by atoms with Crippen LogP contribution >= 0.6 is 0 Å². The molecule has 0 aromatic heterocycles. The molecule has 1 saturated carbocycles. The largest absolute Gasteiger partial charge is 0.441 e. The van der Waals surface area contributed by atoms with E-state index in [-0.39, 0.29) is 42.3 Å². The molecule has 1 unspecified atom stereocenters. The SMILES string of the molecule is CC[C@H]1CC(=O)[C@H](C)C(=O)[C@H](C)[C@@H](O[C@@H]2O[C@H](C)C[C@H](N(C)C)[C@H]2O)[C@](C)(OC)C[C@@H](C)C(=O)[C@H](C)C2N(CCCCc3ccccc3)C(=O)O[C@@]21C. The number of Topliss-reactive ketones (excluding diaryl/α,β-unsaturated/α-hetero) is 3. The Labute approximate surface area is 317 Å². The number of nitrogens with zero attached hydrogens (tertiary/aromatic N) is 2. The van der Waals surface area contributed by atoms with Gasteiger partial charge in [0, 0.05) is 49.8 Å². The van der Waals surface area contributed by atoms with Crippen LogP contribution in [-0.4, -0.2) is 114 Å². The second-order valence-electron chi connectivity index (χ2n) is 16.8. The van der Waals surface area contributed by atoms with Crippen LogP contribution in [0.25, 0.3) is 0 Å². The molecule has 53 heavy (non-hydrogen) atoms. The number of fused-ring (bicyclic) bond motifs is 1. The summed E-state index contributed by atoms with van der Waals surface area (Å²) in [4.78, 5) is 60.5. The molecule has 11 nitrogen and oxygen atoms in total. The van der Waals surface area contributed by atoms with E-state index in [2.05, 4.69) is 12.1 Å². The average Bonchev–Trinajstić information content (AvgIpc) is 3.39. The van der Waals surface area contributed by atoms with Crippen LogP contribution in [-0.2, 0) is 39.8 Å². The van der Waals surface area contributed by atoms with Crippen LogP contribution in [0.3, 0.4) is 0 Å². The van der Waals surface area contributed by atoms with Crippen molar-refractivity contribution in [3.63, 3.8) is 0 Å². The quantitative estimate of drug-likeness (QED) is 0.229. The van der Waals surface area contributed by atoms with Crippen LogP contribution in [0.4, 0.5) is 4.79 Å². The number of unbranched alkanes of at least 4 members (excludes halogenated alkanes) is 1. The molecule has 13 atom stereocenters. The van der Waals surface area contributed by atoms with Crippen molar-refractivity contribution in [3.8, 4) is 0 Å². The van der Waals surface area contributed by atoms with Crippen LogP contribution < -0.4 is 0 Å². The molecule has 1 aromatic rings. The molecule has 1 amide bonds. The molecule has 11 heteroatoms. The number of ether oxygens (including phenoxy) is 4. The van der Waals surface area contributed by atoms with Gasteiger partial charge in [-0.15, -0.1) is 0 Å². The summed E-state index contributed by atoms with van der Waals surface area (Å²) in [6.45, 7) is 15.0. The number of aliphatic hydroxyl groups is 1. The summed E-state index contributed by atoms with van der Waals surface area (Å²) < 4.78 is 25.2. The zero-order valence-electron chi connectivity index (χ0n) is 34.0. The van der Waals surface area contributed by atoms with Gasteiger partial charge in [-0.1, -0.05) is 58.0 Å². The second kappa shape index (κ2) is 17.8. The summed E-state index contributed by atoms with van der Waals surface area (Å²) in [5.74, 6) is -4.13. The molecule has 4 rings (SSSR count). The van der Waals surface area contributed by atoms with Gasteiger partial charge < -0.3 is 33.9 Å². The van der Waals surface area contributed by atoms with Crippen LogP contribution in [0.1, 0.15) is 99.5 Å². The van der Waals surface area contributed by atoms with Crippen LogP contribution in [0.15, 0.2) is 30.3 Å². The van der Waals surface area contributed by atoms with Crippen molar-refractivity contribution in [3.05, 3.63) is 35.9 Å². The number of carbonyl (C=O) groups is 4. The third kappa shape index (κ3) is 9.23. The fourth-order valence-electron chi connectivity index (χ4n) is 9.40. The number of ketones is 3. The lowest BCUT2D eigenvalue weighted by Gasteiger charge is -2.47. The highest BCUT2D eigenvalue weighted by atomic mass is 16.7. The maximum Gasteiger partial charge on any atom is 0.410 e. The highest BCUT2D eigenvalue weighted by molar-refractivity contribution is 6.03. The van der Waals surface area contributed by atoms with Crippen molar-refractivity contribution < 1.29 is 43.2 Å². The lowest BCUT2D eigenvalue weighted by Crippen LogP contribution is -2.59. The topological polar surface area (TPSA) is 132 Å². The Hall–Kier alpha value is -2.70. The first-order valence-electron chi connectivity index (χ1n) is 19.7. The van der Waals surface area contributed by atoms with Gasteiger partial charge in [-0.3, -0.25) is 14.4 Å². The highest BCUT2D eigenvalue weighted by Gasteiger charge is 2.59. The summed E-state index contributed by atoms with van der Waals surface area (Å²) >= 11 is 0. The molecule has 3 aliphatic rings. The van der Waals surface area contributed by atoms with E-state index in [4.69, 9.17) is 18.9 Å². The predicted octanol–water partition coefficient (Wildman–Crippen LogP) is 5.88. The average molecular weight is 743 g/mol. The van der Waals surface area contributed by atoms with Gasteiger partial charge >= 0.3 is 6.09 Å². The molecular weight excluding hydrogens is 676 g/mol. The normalized spacial score (nSPS) is 39.2. The fraction of sp³-hybridized carbons (Fsp3) is 0.762. The van der Waals surface area contributed by atoms with Crippen molar-refractivity contribution in [2.24, 2.45) is 29.6 Å². The smallest absolute Gasteiger partial charge is 0.410 e. The summed E-state index contributed by atoms with van der Waals surface area (Å²) in [7, 11) is 5.31. The van der Waals surface area contributed by atoms with E-state index in [1.54, 1.807) is 18.7 Å². The molecular formula is C42H66N2O9. The number of hydrogen-bond donors (Lipinski definition) is 1. The molecule has 2 heterocycles. The Bertz CT molecular complexity index is 1420. The van der Waals surface area contributed by atoms with Crippen molar-refractivity contribution >= 4 is 23.4 Å². The van der Waals surface area contributed by atoms with Crippen molar-refractivity contribution in [1.29, 1.82) is 0 Å². The minimum absolute atomic E-state index is 0.00820. The van der Waals surface area contributed by atoms with Crippen molar-refractivity contribution in [2.45, 2.75) is 148 Å². The van der Waals surface area contributed by atoms with E-state index in [0.717, 1.165) is 19.3 Å². The number of aryl methyl sites for hydroxylation is 1. The number of amides is 1. The molecule has 1 aliphatic carbocycles. The summed E-state index contributed by atoms with van der Waals surface area (Å²) in [5.41, 5.74) is -1.12. The number of aliphatic hydroxyl groups excluding tert-OH is 1. The van der Waals surface area contributed by atoms with E-state index in [1.165, 1.54) is 12.7 Å². The van der Waals surface area contributed by atoms with Gasteiger partial charge in [-0.25, -0.2) is 4.79 Å². The van der Waals surface area contributed by atoms with Gasteiger partial charge in [0.2, 0.25) is 0 Å². The first-order valence-corrected chi connectivity index (χ1v) is 19.7. The summed E-state index contributed by atoms with van der Waals surface area (Å²) in [6, 6.07) is 9.32. The number of rotatable bonds is 10. The maximum atomic E-state index is 14.6. The minimum atomic E-state index is -1.21. The predicted molar refractivity (Wildman–Crippen MR) is 202 cm³/mol. The zero-order chi connectivity index (χ0) is 39.4. The van der Waals surface area contributed by atoms with E-state index in [9.17, 15) is 24.3 Å². The first kappa shape index (κ1) is 43.0. The lowest BCUT2D eigenvalue weighted by molar-refractivity contribution is -0.295. The lowest BCUT2D eigenvalue weighted by atomic mass is 9.69. The molecule has 1 aromatic carbocycles. The number of carbonyl (C=O) groups excluding carboxylic acids is 4. The van der Waals surface area contributed by atoms with Crippen LogP contribution in [0.5, 0.6) is 0 Å². The monoisotopic (exact) mass is 742 g/mol. The fourth-order valence-corrected chi connectivity index (χ4v) is 9.40. The van der Waals surface area contributed by atoms with Gasteiger partial charge in [0.05, 0.1) is 29.8 Å². The highest BCUT2D eigenvalue weighted by Crippen LogP contribution is 2.45. The van der Waals surface area contributed by atoms with E-state index < -0.39 is 71.4 Å². The third-order valence-corrected chi connectivity index (χ3v) is 12.7. The number of methoxy groups -OCH3 is 1. The van der Waals surface area contributed by atoms with Crippen LogP contribution in [0.2, 0.25) is 0 Å². The molecule has 0 bridgehead atoms. The first-order chi connectivity index (χ1) is 24.9. The Morgan fingerprint density at radius 3 is 2.23 bits per heavy atom. The zero-order valence-corrected chi connectivity index (χ0v) is 34.0. The van der Waals surface area contributed by atoms with Gasteiger partial charge in [-0.05, 0) is 85.9 Å². The third-order valence-electron chi connectivity index (χ3n) is 12.7. The Balaban J connectivity index is 1.71. The molecule has 0 spiro atoms. The van der Waals surface area contributed by atoms with Gasteiger partial charge in [0.15, 0.2) is 6.29 Å². The van der Waals surface area contributed by atoms with Gasteiger partial charge in [0.25, 0.3) is 0 Å². The molecule has 0 radical (unpaired) electrons. The molecule has 1 N–H and O–H groups in total. The van der Waals surface area contributed by atoms with E-state index in [0.29, 0.717) is 19.4 Å². The maximum absolute atomic E-state index is 14.6.